The van der Waals surface area contributed by atoms with Crippen molar-refractivity contribution in [2.45, 2.75) is 27.2 Å². The van der Waals surface area contributed by atoms with Gasteiger partial charge in [-0.25, -0.2) is 4.98 Å². The molecule has 0 saturated heterocycles. The molecule has 1 amide bonds. The largest absolute Gasteiger partial charge is 0.497 e. The number of carbonyl (C=O) groups excluding carboxylic acids is 1. The van der Waals surface area contributed by atoms with Crippen molar-refractivity contribution in [3.63, 3.8) is 0 Å². The van der Waals surface area contributed by atoms with Crippen molar-refractivity contribution in [1.29, 1.82) is 0 Å². The molecule has 3 rings (SSSR count). The first-order chi connectivity index (χ1) is 17.8. The van der Waals surface area contributed by atoms with Crippen molar-refractivity contribution in [1.82, 2.24) is 15.3 Å². The quantitative estimate of drug-likeness (QED) is 0.221. The first-order valence-electron chi connectivity index (χ1n) is 12.0. The summed E-state index contributed by atoms with van der Waals surface area (Å²) >= 11 is 0. The van der Waals surface area contributed by atoms with Gasteiger partial charge in [-0.1, -0.05) is 37.8 Å². The standard InChI is InChI=1S/C29H33N3O5/c1-7-9-11-20(10-8-2)28(33)30-12-13-37-26-18(3)14-21(15-19(26)4)27-31-23-16-22(35-5)17-24(36-6)25(23)29(34)32-27/h8-11,14-17H,2,7,12-13H2,1,3-6H3,(H,30,33)(H,31,32,34)/b11-9-,20-10+. The summed E-state index contributed by atoms with van der Waals surface area (Å²) in [4.78, 5) is 32.8. The van der Waals surface area contributed by atoms with Crippen molar-refractivity contribution in [3.05, 3.63) is 82.2 Å². The predicted octanol–water partition coefficient (Wildman–Crippen LogP) is 4.80. The van der Waals surface area contributed by atoms with Gasteiger partial charge in [-0.3, -0.25) is 9.59 Å². The number of nitrogens with zero attached hydrogens (tertiary/aromatic N) is 1. The molecule has 0 radical (unpaired) electrons. The summed E-state index contributed by atoms with van der Waals surface area (Å²) in [7, 11) is 3.05. The molecule has 0 saturated carbocycles. The summed E-state index contributed by atoms with van der Waals surface area (Å²) in [6.07, 6.45) is 7.80. The number of hydrogen-bond acceptors (Lipinski definition) is 6. The number of hydrogen-bond donors (Lipinski definition) is 2. The highest BCUT2D eigenvalue weighted by molar-refractivity contribution is 5.96. The van der Waals surface area contributed by atoms with Crippen LogP contribution in [0.3, 0.4) is 0 Å². The lowest BCUT2D eigenvalue weighted by atomic mass is 10.0. The van der Waals surface area contributed by atoms with Crippen LogP contribution >= 0.6 is 0 Å². The second-order valence-electron chi connectivity index (χ2n) is 8.35. The van der Waals surface area contributed by atoms with Crippen molar-refractivity contribution in [2.24, 2.45) is 0 Å². The Hall–Kier alpha value is -4.33. The molecule has 0 spiro atoms. The zero-order valence-electron chi connectivity index (χ0n) is 21.9. The molecule has 0 fully saturated rings. The molecule has 2 N–H and O–H groups in total. The van der Waals surface area contributed by atoms with E-state index in [1.165, 1.54) is 7.11 Å². The number of aromatic nitrogens is 2. The molecule has 0 atom stereocenters. The van der Waals surface area contributed by atoms with Gasteiger partial charge in [0.1, 0.15) is 35.1 Å². The van der Waals surface area contributed by atoms with E-state index in [2.05, 4.69) is 21.9 Å². The van der Waals surface area contributed by atoms with Crippen LogP contribution in [0.4, 0.5) is 0 Å². The topological polar surface area (TPSA) is 103 Å². The number of allylic oxidation sites excluding steroid dienone is 3. The summed E-state index contributed by atoms with van der Waals surface area (Å²) < 4.78 is 16.7. The molecule has 3 aromatic rings. The van der Waals surface area contributed by atoms with E-state index in [1.807, 2.05) is 39.0 Å². The molecule has 1 aromatic heterocycles. The van der Waals surface area contributed by atoms with Crippen molar-refractivity contribution < 1.29 is 19.0 Å². The molecule has 1 heterocycles. The van der Waals surface area contributed by atoms with Gasteiger partial charge in [0.05, 0.1) is 26.3 Å². The first kappa shape index (κ1) is 27.3. The maximum Gasteiger partial charge on any atom is 0.262 e. The highest BCUT2D eigenvalue weighted by atomic mass is 16.5. The first-order valence-corrected chi connectivity index (χ1v) is 12.0. The third kappa shape index (κ3) is 6.46. The average Bonchev–Trinajstić information content (AvgIpc) is 2.88. The van der Waals surface area contributed by atoms with Crippen LogP contribution in [0, 0.1) is 13.8 Å². The summed E-state index contributed by atoms with van der Waals surface area (Å²) in [5, 5.41) is 3.22. The fourth-order valence-corrected chi connectivity index (χ4v) is 3.94. The predicted molar refractivity (Wildman–Crippen MR) is 147 cm³/mol. The number of ether oxygens (including phenoxy) is 3. The minimum Gasteiger partial charge on any atom is -0.497 e. The fraction of sp³-hybridized carbons (Fsp3) is 0.276. The normalized spacial score (nSPS) is 11.5. The van der Waals surface area contributed by atoms with Gasteiger partial charge in [-0.2, -0.15) is 0 Å². The molecule has 0 bridgehead atoms. The molecule has 194 valence electrons. The van der Waals surface area contributed by atoms with Gasteiger partial charge < -0.3 is 24.5 Å². The number of fused-ring (bicyclic) bond motifs is 1. The molecule has 37 heavy (non-hydrogen) atoms. The SMILES string of the molecule is C=C/C=C(\C=C/CC)C(=O)NCCOc1c(C)cc(-c2nc3cc(OC)cc(OC)c3c(=O)[nH]2)cc1C. The third-order valence-corrected chi connectivity index (χ3v) is 5.66. The number of carbonyl (C=O) groups is 1. The molecule has 0 aliphatic rings. The van der Waals surface area contributed by atoms with Gasteiger partial charge >= 0.3 is 0 Å². The van der Waals surface area contributed by atoms with Gasteiger partial charge in [0.25, 0.3) is 11.5 Å². The molecule has 8 nitrogen and oxygen atoms in total. The molecule has 0 aliphatic carbocycles. The summed E-state index contributed by atoms with van der Waals surface area (Å²) in [5.74, 6) is 1.91. The minimum atomic E-state index is -0.301. The van der Waals surface area contributed by atoms with E-state index in [0.717, 1.165) is 28.9 Å². The summed E-state index contributed by atoms with van der Waals surface area (Å²) in [6, 6.07) is 7.17. The zero-order chi connectivity index (χ0) is 26.9. The Kier molecular flexibility index (Phi) is 9.27. The Bertz CT molecular complexity index is 1400. The number of rotatable bonds is 11. The van der Waals surface area contributed by atoms with E-state index in [4.69, 9.17) is 14.2 Å². The van der Waals surface area contributed by atoms with Crippen LogP contribution in [0.5, 0.6) is 17.2 Å². The smallest absolute Gasteiger partial charge is 0.262 e. The average molecular weight is 504 g/mol. The van der Waals surface area contributed by atoms with Crippen molar-refractivity contribution >= 4 is 16.8 Å². The van der Waals surface area contributed by atoms with Crippen LogP contribution in [0.25, 0.3) is 22.3 Å². The molecule has 2 aromatic carbocycles. The van der Waals surface area contributed by atoms with Crippen LogP contribution in [0.2, 0.25) is 0 Å². The maximum atomic E-state index is 12.9. The van der Waals surface area contributed by atoms with Crippen LogP contribution in [0.15, 0.2) is 65.5 Å². The second-order valence-corrected chi connectivity index (χ2v) is 8.35. The molecule has 0 unspecified atom stereocenters. The van der Waals surface area contributed by atoms with Gasteiger partial charge in [0.15, 0.2) is 0 Å². The Morgan fingerprint density at radius 2 is 1.86 bits per heavy atom. The number of methoxy groups -OCH3 is 2. The maximum absolute atomic E-state index is 12.9. The number of H-pyrrole nitrogens is 1. The van der Waals surface area contributed by atoms with E-state index >= 15 is 0 Å². The summed E-state index contributed by atoms with van der Waals surface area (Å²) in [6.45, 7) is 10.2. The van der Waals surface area contributed by atoms with Gasteiger partial charge in [-0.15, -0.1) is 0 Å². The highest BCUT2D eigenvalue weighted by Crippen LogP contribution is 2.31. The lowest BCUT2D eigenvalue weighted by Crippen LogP contribution is -2.29. The lowest BCUT2D eigenvalue weighted by Gasteiger charge is -2.15. The second kappa shape index (κ2) is 12.6. The van der Waals surface area contributed by atoms with Gasteiger partial charge in [0, 0.05) is 23.3 Å². The van der Waals surface area contributed by atoms with Crippen molar-refractivity contribution in [3.8, 4) is 28.6 Å². The van der Waals surface area contributed by atoms with Crippen LogP contribution in [-0.4, -0.2) is 43.2 Å². The Balaban J connectivity index is 1.78. The zero-order valence-corrected chi connectivity index (χ0v) is 21.9. The van der Waals surface area contributed by atoms with Gasteiger partial charge in [-0.05, 0) is 43.5 Å². The van der Waals surface area contributed by atoms with E-state index in [0.29, 0.717) is 47.0 Å². The van der Waals surface area contributed by atoms with E-state index in [1.54, 1.807) is 37.5 Å². The summed E-state index contributed by atoms with van der Waals surface area (Å²) in [5.41, 5.74) is 3.22. The Morgan fingerprint density at radius 3 is 2.49 bits per heavy atom. The van der Waals surface area contributed by atoms with E-state index in [9.17, 15) is 9.59 Å². The van der Waals surface area contributed by atoms with Crippen LogP contribution < -0.4 is 25.1 Å². The van der Waals surface area contributed by atoms with Crippen molar-refractivity contribution in [2.75, 3.05) is 27.4 Å². The molecular formula is C29H33N3O5. The number of nitrogens with one attached hydrogen (secondary N) is 2. The molecular weight excluding hydrogens is 470 g/mol. The van der Waals surface area contributed by atoms with Gasteiger partial charge in [0.2, 0.25) is 0 Å². The lowest BCUT2D eigenvalue weighted by molar-refractivity contribution is -0.117. The number of benzene rings is 2. The molecule has 8 heteroatoms. The Morgan fingerprint density at radius 1 is 1.14 bits per heavy atom. The van der Waals surface area contributed by atoms with Crippen LogP contribution in [0.1, 0.15) is 24.5 Å². The minimum absolute atomic E-state index is 0.184. The Labute approximate surface area is 216 Å². The fourth-order valence-electron chi connectivity index (χ4n) is 3.94. The number of aryl methyl sites for hydroxylation is 2. The third-order valence-electron chi connectivity index (χ3n) is 5.66. The number of amides is 1. The highest BCUT2D eigenvalue weighted by Gasteiger charge is 2.15. The number of aromatic amines is 1. The van der Waals surface area contributed by atoms with E-state index < -0.39 is 0 Å². The van der Waals surface area contributed by atoms with E-state index in [-0.39, 0.29) is 11.5 Å². The van der Waals surface area contributed by atoms with Crippen LogP contribution in [-0.2, 0) is 4.79 Å². The molecule has 0 aliphatic heterocycles. The monoisotopic (exact) mass is 503 g/mol.